The standard InChI is InChI=1S/C24H28O2Si/c1-26-23-14-8-15-24(18-23)27(17-9-16-25,19-21-10-4-2-5-11-21)20-22-12-6-3-7-13-22/h2-8,10-15,18,25H,9,16-17,19-20H2,1H3. The molecule has 3 aromatic rings. The number of hydrogen-bond donors (Lipinski definition) is 1. The van der Waals surface area contributed by atoms with E-state index in [-0.39, 0.29) is 6.61 Å². The molecule has 0 saturated heterocycles. The number of aliphatic hydroxyl groups is 1. The highest BCUT2D eigenvalue weighted by molar-refractivity contribution is 6.91. The summed E-state index contributed by atoms with van der Waals surface area (Å²) in [5.41, 5.74) is 2.75. The first kappa shape index (κ1) is 19.4. The second kappa shape index (κ2) is 9.54. The zero-order valence-electron chi connectivity index (χ0n) is 16.0. The van der Waals surface area contributed by atoms with Gasteiger partial charge in [0.2, 0.25) is 0 Å². The van der Waals surface area contributed by atoms with Gasteiger partial charge >= 0.3 is 0 Å². The topological polar surface area (TPSA) is 29.5 Å². The van der Waals surface area contributed by atoms with Crippen molar-refractivity contribution in [1.82, 2.24) is 0 Å². The maximum absolute atomic E-state index is 9.61. The Morgan fingerprint density at radius 3 is 1.89 bits per heavy atom. The molecule has 2 nitrogen and oxygen atoms in total. The average Bonchev–Trinajstić information content (AvgIpc) is 2.73. The van der Waals surface area contributed by atoms with Crippen LogP contribution in [0.3, 0.4) is 0 Å². The van der Waals surface area contributed by atoms with Crippen molar-refractivity contribution in [2.75, 3.05) is 13.7 Å². The molecule has 0 amide bonds. The second-order valence-corrected chi connectivity index (χ2v) is 11.5. The van der Waals surface area contributed by atoms with Crippen molar-refractivity contribution in [3.63, 3.8) is 0 Å². The molecular formula is C24H28O2Si. The molecule has 3 heteroatoms. The van der Waals surface area contributed by atoms with Crippen molar-refractivity contribution in [2.24, 2.45) is 0 Å². The van der Waals surface area contributed by atoms with E-state index in [4.69, 9.17) is 4.74 Å². The molecule has 0 spiro atoms. The summed E-state index contributed by atoms with van der Waals surface area (Å²) in [7, 11) is -0.235. The molecule has 27 heavy (non-hydrogen) atoms. The smallest absolute Gasteiger partial charge is 0.118 e. The van der Waals surface area contributed by atoms with Gasteiger partial charge in [-0.25, -0.2) is 0 Å². The lowest BCUT2D eigenvalue weighted by molar-refractivity contribution is 0.294. The summed E-state index contributed by atoms with van der Waals surface area (Å²) in [6.45, 7) is 0.238. The molecule has 0 heterocycles. The van der Waals surface area contributed by atoms with Crippen LogP contribution < -0.4 is 9.92 Å². The van der Waals surface area contributed by atoms with Crippen molar-refractivity contribution >= 4 is 13.3 Å². The number of aliphatic hydroxyl groups excluding tert-OH is 1. The molecule has 3 aromatic carbocycles. The Balaban J connectivity index is 2.07. The Morgan fingerprint density at radius 1 is 0.778 bits per heavy atom. The largest absolute Gasteiger partial charge is 0.497 e. The van der Waals surface area contributed by atoms with Gasteiger partial charge < -0.3 is 9.84 Å². The van der Waals surface area contributed by atoms with E-state index in [9.17, 15) is 5.11 Å². The molecule has 0 saturated carbocycles. The van der Waals surface area contributed by atoms with Gasteiger partial charge in [0.25, 0.3) is 0 Å². The van der Waals surface area contributed by atoms with Gasteiger partial charge in [-0.3, -0.25) is 0 Å². The van der Waals surface area contributed by atoms with Gasteiger partial charge in [-0.05, 0) is 30.6 Å². The zero-order chi connectivity index (χ0) is 19.0. The minimum absolute atomic E-state index is 0.238. The van der Waals surface area contributed by atoms with Crippen molar-refractivity contribution in [2.45, 2.75) is 24.6 Å². The molecule has 0 bridgehead atoms. The van der Waals surface area contributed by atoms with Crippen LogP contribution in [0, 0.1) is 0 Å². The first-order valence-corrected chi connectivity index (χ1v) is 12.2. The van der Waals surface area contributed by atoms with E-state index < -0.39 is 8.07 Å². The molecule has 140 valence electrons. The highest BCUT2D eigenvalue weighted by Crippen LogP contribution is 2.25. The number of methoxy groups -OCH3 is 1. The summed E-state index contributed by atoms with van der Waals surface area (Å²) in [5.74, 6) is 0.912. The van der Waals surface area contributed by atoms with Crippen molar-refractivity contribution < 1.29 is 9.84 Å². The van der Waals surface area contributed by atoms with Crippen LogP contribution in [-0.4, -0.2) is 26.9 Å². The Bertz CT molecular complexity index is 777. The van der Waals surface area contributed by atoms with Gasteiger partial charge in [-0.15, -0.1) is 0 Å². The zero-order valence-corrected chi connectivity index (χ0v) is 17.0. The molecule has 0 unspecified atom stereocenters. The third kappa shape index (κ3) is 5.09. The summed E-state index contributed by atoms with van der Waals surface area (Å²) in [5, 5.41) is 11.0. The van der Waals surface area contributed by atoms with Crippen LogP contribution in [0.2, 0.25) is 6.04 Å². The fourth-order valence-electron chi connectivity index (χ4n) is 3.93. The predicted molar refractivity (Wildman–Crippen MR) is 115 cm³/mol. The van der Waals surface area contributed by atoms with Crippen LogP contribution in [0.15, 0.2) is 84.9 Å². The lowest BCUT2D eigenvalue weighted by Gasteiger charge is -2.33. The molecule has 0 atom stereocenters. The minimum atomic E-state index is -1.96. The Kier molecular flexibility index (Phi) is 6.85. The molecule has 1 N–H and O–H groups in total. The van der Waals surface area contributed by atoms with Crippen LogP contribution in [0.5, 0.6) is 5.75 Å². The second-order valence-electron chi connectivity index (χ2n) is 7.16. The highest BCUT2D eigenvalue weighted by atomic mass is 28.3. The van der Waals surface area contributed by atoms with E-state index >= 15 is 0 Å². The first-order chi connectivity index (χ1) is 13.3. The molecule has 0 aliphatic rings. The first-order valence-electron chi connectivity index (χ1n) is 9.59. The average molecular weight is 377 g/mol. The summed E-state index contributed by atoms with van der Waals surface area (Å²) in [6.07, 6.45) is 0.836. The van der Waals surface area contributed by atoms with Crippen molar-refractivity contribution in [1.29, 1.82) is 0 Å². The van der Waals surface area contributed by atoms with E-state index in [2.05, 4.69) is 78.9 Å². The molecule has 0 aromatic heterocycles. The Morgan fingerprint density at radius 2 is 1.37 bits per heavy atom. The molecule has 0 radical (unpaired) electrons. The summed E-state index contributed by atoms with van der Waals surface area (Å²) in [4.78, 5) is 0. The van der Waals surface area contributed by atoms with Crippen LogP contribution in [0.25, 0.3) is 0 Å². The lowest BCUT2D eigenvalue weighted by Crippen LogP contribution is -2.52. The number of hydrogen-bond acceptors (Lipinski definition) is 2. The van der Waals surface area contributed by atoms with Crippen molar-refractivity contribution in [3.8, 4) is 5.75 Å². The minimum Gasteiger partial charge on any atom is -0.497 e. The summed E-state index contributed by atoms with van der Waals surface area (Å²) >= 11 is 0. The van der Waals surface area contributed by atoms with E-state index in [1.807, 2.05) is 6.07 Å². The van der Waals surface area contributed by atoms with E-state index in [0.717, 1.165) is 30.3 Å². The van der Waals surface area contributed by atoms with Gasteiger partial charge in [0.05, 0.1) is 15.2 Å². The lowest BCUT2D eigenvalue weighted by atomic mass is 10.2. The predicted octanol–water partition coefficient (Wildman–Crippen LogP) is 4.30. The fraction of sp³-hybridized carbons (Fsp3) is 0.250. The molecule has 3 rings (SSSR count). The van der Waals surface area contributed by atoms with Crippen LogP contribution in [0.4, 0.5) is 0 Å². The number of ether oxygens (including phenoxy) is 1. The van der Waals surface area contributed by atoms with E-state index in [1.54, 1.807) is 7.11 Å². The fourth-order valence-corrected chi connectivity index (χ4v) is 8.87. The van der Waals surface area contributed by atoms with Gasteiger partial charge in [0.15, 0.2) is 0 Å². The molecule has 0 aliphatic heterocycles. The number of rotatable bonds is 9. The van der Waals surface area contributed by atoms with Gasteiger partial charge in [0.1, 0.15) is 5.75 Å². The molecular weight excluding hydrogens is 348 g/mol. The van der Waals surface area contributed by atoms with Crippen LogP contribution in [-0.2, 0) is 12.1 Å². The SMILES string of the molecule is COc1cccc([Si](CCCO)(Cc2ccccc2)Cc2ccccc2)c1. The van der Waals surface area contributed by atoms with Crippen LogP contribution >= 0.6 is 0 Å². The van der Waals surface area contributed by atoms with E-state index in [0.29, 0.717) is 0 Å². The third-order valence-corrected chi connectivity index (χ3v) is 10.3. The third-order valence-electron chi connectivity index (χ3n) is 5.27. The van der Waals surface area contributed by atoms with Crippen LogP contribution in [0.1, 0.15) is 17.5 Å². The normalized spacial score (nSPS) is 11.3. The summed E-state index contributed by atoms with van der Waals surface area (Å²) < 4.78 is 5.53. The number of benzene rings is 3. The summed E-state index contributed by atoms with van der Waals surface area (Å²) in [6, 6.07) is 33.3. The maximum atomic E-state index is 9.61. The van der Waals surface area contributed by atoms with E-state index in [1.165, 1.54) is 16.3 Å². The maximum Gasteiger partial charge on any atom is 0.118 e. The molecule has 0 aliphatic carbocycles. The molecule has 0 fully saturated rings. The van der Waals surface area contributed by atoms with Gasteiger partial charge in [0, 0.05) is 6.61 Å². The Hall–Kier alpha value is -2.36. The van der Waals surface area contributed by atoms with Gasteiger partial charge in [-0.2, -0.15) is 0 Å². The monoisotopic (exact) mass is 376 g/mol. The quantitative estimate of drug-likeness (QED) is 0.564. The Labute approximate surface area is 163 Å². The van der Waals surface area contributed by atoms with Crippen molar-refractivity contribution in [3.05, 3.63) is 96.1 Å². The highest BCUT2D eigenvalue weighted by Gasteiger charge is 2.35. The van der Waals surface area contributed by atoms with Gasteiger partial charge in [-0.1, -0.05) is 95.2 Å².